The number of carbonyl (C=O) groups excluding carboxylic acids is 1. The number of anilines is 1. The fraction of sp³-hybridized carbons (Fsp3) is 0.417. The molecule has 0 aromatic heterocycles. The summed E-state index contributed by atoms with van der Waals surface area (Å²) in [5, 5.41) is 6.46. The van der Waals surface area contributed by atoms with Crippen molar-refractivity contribution in [2.75, 3.05) is 11.0 Å². The molecule has 1 aliphatic heterocycles. The Bertz CT molecular complexity index is 1090. The number of carbonyl (C=O) groups is 1. The molecule has 1 N–H and O–H groups in total. The van der Waals surface area contributed by atoms with Crippen LogP contribution in [-0.4, -0.2) is 31.3 Å². The van der Waals surface area contributed by atoms with Crippen LogP contribution in [-0.2, 0) is 14.8 Å². The quantitative estimate of drug-likeness (QED) is 0.738. The summed E-state index contributed by atoms with van der Waals surface area (Å²) in [5.74, 6) is 0.133. The van der Waals surface area contributed by atoms with Crippen molar-refractivity contribution in [1.29, 1.82) is 0 Å². The van der Waals surface area contributed by atoms with Crippen LogP contribution in [0.5, 0.6) is 0 Å². The number of hydrazone groups is 1. The van der Waals surface area contributed by atoms with Gasteiger partial charge in [0.25, 0.3) is 0 Å². The first-order chi connectivity index (χ1) is 14.8. The van der Waals surface area contributed by atoms with Gasteiger partial charge in [-0.1, -0.05) is 61.2 Å². The summed E-state index contributed by atoms with van der Waals surface area (Å²) in [6.45, 7) is 2.05. The van der Waals surface area contributed by atoms with Crippen molar-refractivity contribution >= 4 is 27.3 Å². The standard InChI is InChI=1S/C24H29N3O3S/c1-17-11-13-18(14-12-17)23-16-22(20-9-6-10-21(15-20)26-31(2,29)30)25-27(23)24(28)19-7-4-3-5-8-19/h6,9-15,19,23,26H,3-5,7-8,16H2,1-2H3/t23-/m0/s1. The second-order valence-corrected chi connectivity index (χ2v) is 10.4. The van der Waals surface area contributed by atoms with Crippen LogP contribution in [0.25, 0.3) is 0 Å². The zero-order valence-electron chi connectivity index (χ0n) is 18.0. The highest BCUT2D eigenvalue weighted by molar-refractivity contribution is 7.92. The molecular formula is C24H29N3O3S. The maximum Gasteiger partial charge on any atom is 0.246 e. The second kappa shape index (κ2) is 8.83. The van der Waals surface area contributed by atoms with Gasteiger partial charge >= 0.3 is 0 Å². The molecule has 1 atom stereocenters. The second-order valence-electron chi connectivity index (χ2n) is 8.65. The third-order valence-electron chi connectivity index (χ3n) is 6.05. The highest BCUT2D eigenvalue weighted by Gasteiger charge is 2.36. The molecule has 4 rings (SSSR count). The minimum Gasteiger partial charge on any atom is -0.284 e. The number of aryl methyl sites for hydroxylation is 1. The number of benzene rings is 2. The van der Waals surface area contributed by atoms with Gasteiger partial charge in [0.1, 0.15) is 0 Å². The lowest BCUT2D eigenvalue weighted by Gasteiger charge is -2.28. The first kappa shape index (κ1) is 21.6. The lowest BCUT2D eigenvalue weighted by molar-refractivity contribution is -0.138. The van der Waals surface area contributed by atoms with E-state index in [1.807, 2.05) is 13.0 Å². The molecule has 2 aliphatic rings. The number of sulfonamides is 1. The van der Waals surface area contributed by atoms with E-state index in [9.17, 15) is 13.2 Å². The predicted octanol–water partition coefficient (Wildman–Crippen LogP) is 4.62. The summed E-state index contributed by atoms with van der Waals surface area (Å²) in [4.78, 5) is 13.4. The molecule has 0 unspecified atom stereocenters. The fourth-order valence-corrected chi connectivity index (χ4v) is 5.00. The lowest BCUT2D eigenvalue weighted by Crippen LogP contribution is -2.33. The van der Waals surface area contributed by atoms with E-state index in [0.717, 1.165) is 48.8 Å². The Morgan fingerprint density at radius 1 is 1.06 bits per heavy atom. The fourth-order valence-electron chi connectivity index (χ4n) is 4.45. The van der Waals surface area contributed by atoms with Crippen LogP contribution in [0.1, 0.15) is 61.3 Å². The molecule has 1 heterocycles. The molecule has 164 valence electrons. The Kier molecular flexibility index (Phi) is 6.14. The molecule has 1 fully saturated rings. The molecule has 0 bridgehead atoms. The van der Waals surface area contributed by atoms with Gasteiger partial charge in [0.15, 0.2) is 0 Å². The summed E-state index contributed by atoms with van der Waals surface area (Å²) < 4.78 is 25.8. The van der Waals surface area contributed by atoms with Crippen molar-refractivity contribution < 1.29 is 13.2 Å². The van der Waals surface area contributed by atoms with Crippen LogP contribution in [0.3, 0.4) is 0 Å². The molecule has 0 spiro atoms. The number of rotatable bonds is 5. The van der Waals surface area contributed by atoms with Crippen LogP contribution in [0.4, 0.5) is 5.69 Å². The summed E-state index contributed by atoms with van der Waals surface area (Å²) in [6, 6.07) is 15.3. The summed E-state index contributed by atoms with van der Waals surface area (Å²) >= 11 is 0. The smallest absolute Gasteiger partial charge is 0.246 e. The molecule has 2 aromatic rings. The van der Waals surface area contributed by atoms with Crippen LogP contribution in [0.15, 0.2) is 53.6 Å². The van der Waals surface area contributed by atoms with Gasteiger partial charge in [0, 0.05) is 18.0 Å². The first-order valence-corrected chi connectivity index (χ1v) is 12.7. The molecule has 1 saturated carbocycles. The normalized spacial score (nSPS) is 19.9. The van der Waals surface area contributed by atoms with Crippen molar-refractivity contribution in [2.24, 2.45) is 11.0 Å². The van der Waals surface area contributed by atoms with Crippen molar-refractivity contribution in [3.63, 3.8) is 0 Å². The average Bonchev–Trinajstić information content (AvgIpc) is 3.19. The zero-order chi connectivity index (χ0) is 22.0. The molecule has 0 saturated heterocycles. The average molecular weight is 440 g/mol. The molecule has 1 amide bonds. The van der Waals surface area contributed by atoms with Gasteiger partial charge in [-0.15, -0.1) is 0 Å². The SMILES string of the molecule is Cc1ccc([C@@H]2CC(c3cccc(NS(C)(=O)=O)c3)=NN2C(=O)C2CCCCC2)cc1. The van der Waals surface area contributed by atoms with Gasteiger partial charge in [-0.2, -0.15) is 5.10 Å². The van der Waals surface area contributed by atoms with Gasteiger partial charge in [-0.3, -0.25) is 9.52 Å². The summed E-state index contributed by atoms with van der Waals surface area (Å²) in [5.41, 5.74) is 4.36. The molecule has 7 heteroatoms. The number of nitrogens with one attached hydrogen (secondary N) is 1. The van der Waals surface area contributed by atoms with Crippen molar-refractivity contribution in [3.05, 3.63) is 65.2 Å². The molecule has 31 heavy (non-hydrogen) atoms. The van der Waals surface area contributed by atoms with E-state index in [4.69, 9.17) is 5.10 Å². The van der Waals surface area contributed by atoms with Crippen LogP contribution in [0.2, 0.25) is 0 Å². The van der Waals surface area contributed by atoms with Gasteiger partial charge in [-0.25, -0.2) is 13.4 Å². The third-order valence-corrected chi connectivity index (χ3v) is 6.66. The van der Waals surface area contributed by atoms with Crippen LogP contribution >= 0.6 is 0 Å². The molecule has 1 aliphatic carbocycles. The highest BCUT2D eigenvalue weighted by atomic mass is 32.2. The van der Waals surface area contributed by atoms with Crippen LogP contribution < -0.4 is 4.72 Å². The number of hydrogen-bond donors (Lipinski definition) is 1. The molecule has 2 aromatic carbocycles. The lowest BCUT2D eigenvalue weighted by atomic mass is 9.88. The van der Waals surface area contributed by atoms with E-state index in [1.54, 1.807) is 23.2 Å². The van der Waals surface area contributed by atoms with E-state index in [-0.39, 0.29) is 17.9 Å². The van der Waals surface area contributed by atoms with E-state index < -0.39 is 10.0 Å². The Balaban J connectivity index is 1.66. The first-order valence-electron chi connectivity index (χ1n) is 10.9. The maximum absolute atomic E-state index is 13.4. The van der Waals surface area contributed by atoms with Gasteiger partial charge in [0.2, 0.25) is 15.9 Å². The number of nitrogens with zero attached hydrogens (tertiary/aromatic N) is 2. The monoisotopic (exact) mass is 439 g/mol. The summed E-state index contributed by atoms with van der Waals surface area (Å²) in [6.07, 6.45) is 6.96. The Morgan fingerprint density at radius 2 is 1.77 bits per heavy atom. The van der Waals surface area contributed by atoms with Crippen molar-refractivity contribution in [2.45, 2.75) is 51.5 Å². The zero-order valence-corrected chi connectivity index (χ0v) is 18.9. The minimum absolute atomic E-state index is 0.0306. The maximum atomic E-state index is 13.4. The molecule has 6 nitrogen and oxygen atoms in total. The van der Waals surface area contributed by atoms with E-state index in [0.29, 0.717) is 12.1 Å². The highest BCUT2D eigenvalue weighted by Crippen LogP contribution is 2.36. The summed E-state index contributed by atoms with van der Waals surface area (Å²) in [7, 11) is -3.37. The van der Waals surface area contributed by atoms with Gasteiger partial charge in [-0.05, 0) is 43.0 Å². The van der Waals surface area contributed by atoms with E-state index in [1.165, 1.54) is 12.0 Å². The van der Waals surface area contributed by atoms with Gasteiger partial charge in [0.05, 0.1) is 18.0 Å². The van der Waals surface area contributed by atoms with E-state index in [2.05, 4.69) is 29.0 Å². The number of hydrogen-bond acceptors (Lipinski definition) is 4. The van der Waals surface area contributed by atoms with Crippen molar-refractivity contribution in [3.8, 4) is 0 Å². The van der Waals surface area contributed by atoms with Crippen LogP contribution in [0, 0.1) is 12.8 Å². The molecular weight excluding hydrogens is 410 g/mol. The Morgan fingerprint density at radius 3 is 2.45 bits per heavy atom. The van der Waals surface area contributed by atoms with E-state index >= 15 is 0 Å². The Hall–Kier alpha value is -2.67. The van der Waals surface area contributed by atoms with Crippen molar-refractivity contribution in [1.82, 2.24) is 5.01 Å². The minimum atomic E-state index is -3.37. The Labute approximate surface area is 184 Å². The largest absolute Gasteiger partial charge is 0.284 e. The molecule has 0 radical (unpaired) electrons. The third kappa shape index (κ3) is 5.15. The topological polar surface area (TPSA) is 78.8 Å². The number of amides is 1. The predicted molar refractivity (Wildman–Crippen MR) is 123 cm³/mol. The van der Waals surface area contributed by atoms with Gasteiger partial charge < -0.3 is 0 Å².